The standard InChI is InChI=1S/C27H39N3O5S/c1-6-23(27(32)28-21(3)4)29(20-22-14-9-8-10-15-22)26(31)18-13-19-30(36(5,33)34)24-16-11-12-17-25(24)35-7-2/h8-12,14-17,21,23H,6-7,13,18-20H2,1-5H3,(H,28,32)/t23-/m1/s1. The second-order valence-electron chi connectivity index (χ2n) is 8.93. The van der Waals surface area contributed by atoms with Gasteiger partial charge in [-0.2, -0.15) is 0 Å². The topological polar surface area (TPSA) is 96.0 Å². The molecule has 0 aliphatic carbocycles. The summed E-state index contributed by atoms with van der Waals surface area (Å²) in [5.41, 5.74) is 1.36. The third kappa shape index (κ3) is 8.55. The first kappa shape index (κ1) is 29.2. The first-order valence-electron chi connectivity index (χ1n) is 12.4. The molecule has 0 radical (unpaired) electrons. The number of para-hydroxylation sites is 2. The van der Waals surface area contributed by atoms with Gasteiger partial charge in [0.1, 0.15) is 11.8 Å². The van der Waals surface area contributed by atoms with E-state index in [1.165, 1.54) is 4.31 Å². The van der Waals surface area contributed by atoms with Crippen molar-refractivity contribution >= 4 is 27.5 Å². The molecule has 0 aliphatic heterocycles. The molecule has 0 aromatic heterocycles. The van der Waals surface area contributed by atoms with Gasteiger partial charge >= 0.3 is 0 Å². The van der Waals surface area contributed by atoms with Crippen molar-refractivity contribution < 1.29 is 22.7 Å². The van der Waals surface area contributed by atoms with Crippen LogP contribution in [0.3, 0.4) is 0 Å². The molecule has 0 spiro atoms. The Morgan fingerprint density at radius 1 is 1.00 bits per heavy atom. The van der Waals surface area contributed by atoms with Gasteiger partial charge in [0.05, 0.1) is 18.6 Å². The molecular weight excluding hydrogens is 478 g/mol. The fourth-order valence-electron chi connectivity index (χ4n) is 4.00. The highest BCUT2D eigenvalue weighted by Crippen LogP contribution is 2.30. The van der Waals surface area contributed by atoms with Crippen LogP contribution in [0.5, 0.6) is 5.75 Å². The maximum atomic E-state index is 13.4. The number of nitrogens with one attached hydrogen (secondary N) is 1. The Kier molecular flexibility index (Phi) is 11.2. The first-order chi connectivity index (χ1) is 17.1. The summed E-state index contributed by atoms with van der Waals surface area (Å²) in [6.45, 7) is 8.29. The lowest BCUT2D eigenvalue weighted by molar-refractivity contribution is -0.141. The van der Waals surface area contributed by atoms with Crippen molar-refractivity contribution in [2.24, 2.45) is 0 Å². The molecular formula is C27H39N3O5S. The van der Waals surface area contributed by atoms with E-state index in [9.17, 15) is 18.0 Å². The highest BCUT2D eigenvalue weighted by Gasteiger charge is 2.29. The number of hydrogen-bond acceptors (Lipinski definition) is 5. The minimum absolute atomic E-state index is 0.0473. The van der Waals surface area contributed by atoms with Gasteiger partial charge in [0.25, 0.3) is 0 Å². The summed E-state index contributed by atoms with van der Waals surface area (Å²) in [4.78, 5) is 27.9. The molecule has 8 nitrogen and oxygen atoms in total. The largest absolute Gasteiger partial charge is 0.492 e. The summed E-state index contributed by atoms with van der Waals surface area (Å²) in [7, 11) is -3.61. The zero-order valence-electron chi connectivity index (χ0n) is 21.9. The number of anilines is 1. The Morgan fingerprint density at radius 3 is 2.22 bits per heavy atom. The molecule has 36 heavy (non-hydrogen) atoms. The van der Waals surface area contributed by atoms with Gasteiger partial charge in [0.15, 0.2) is 0 Å². The van der Waals surface area contributed by atoms with Gasteiger partial charge in [0, 0.05) is 25.6 Å². The van der Waals surface area contributed by atoms with Crippen molar-refractivity contribution in [3.63, 3.8) is 0 Å². The van der Waals surface area contributed by atoms with Gasteiger partial charge in [-0.1, -0.05) is 49.4 Å². The number of rotatable bonds is 14. The van der Waals surface area contributed by atoms with Crippen molar-refractivity contribution in [3.05, 3.63) is 60.2 Å². The maximum absolute atomic E-state index is 13.4. The zero-order valence-corrected chi connectivity index (χ0v) is 22.8. The molecule has 198 valence electrons. The van der Waals surface area contributed by atoms with Gasteiger partial charge in [-0.05, 0) is 51.3 Å². The summed E-state index contributed by atoms with van der Waals surface area (Å²) < 4.78 is 32.1. The van der Waals surface area contributed by atoms with Crippen LogP contribution in [0.25, 0.3) is 0 Å². The van der Waals surface area contributed by atoms with Gasteiger partial charge in [-0.25, -0.2) is 8.42 Å². The highest BCUT2D eigenvalue weighted by atomic mass is 32.2. The van der Waals surface area contributed by atoms with Gasteiger partial charge in [0.2, 0.25) is 21.8 Å². The SMILES string of the molecule is CCOc1ccccc1N(CCCC(=O)N(Cc1ccccc1)[C@H](CC)C(=O)NC(C)C)S(C)(=O)=O. The van der Waals surface area contributed by atoms with Crippen molar-refractivity contribution in [2.45, 2.75) is 65.6 Å². The monoisotopic (exact) mass is 517 g/mol. The molecule has 2 aromatic rings. The Labute approximate surface area is 215 Å². The third-order valence-electron chi connectivity index (χ3n) is 5.60. The van der Waals surface area contributed by atoms with Crippen LogP contribution in [0.15, 0.2) is 54.6 Å². The Hall–Kier alpha value is -3.07. The van der Waals surface area contributed by atoms with Crippen molar-refractivity contribution in [1.82, 2.24) is 10.2 Å². The average Bonchev–Trinajstić information content (AvgIpc) is 2.82. The van der Waals surface area contributed by atoms with E-state index in [4.69, 9.17) is 4.74 Å². The molecule has 1 N–H and O–H groups in total. The molecule has 0 aliphatic rings. The number of sulfonamides is 1. The predicted octanol–water partition coefficient (Wildman–Crippen LogP) is 3.96. The Balaban J connectivity index is 2.22. The summed E-state index contributed by atoms with van der Waals surface area (Å²) in [6.07, 6.45) is 2.00. The lowest BCUT2D eigenvalue weighted by atomic mass is 10.1. The summed E-state index contributed by atoms with van der Waals surface area (Å²) in [5.74, 6) is 0.0789. The van der Waals surface area contributed by atoms with Gasteiger partial charge in [-0.15, -0.1) is 0 Å². The van der Waals surface area contributed by atoms with E-state index in [0.717, 1.165) is 11.8 Å². The van der Waals surface area contributed by atoms with Crippen LogP contribution in [0.2, 0.25) is 0 Å². The zero-order chi connectivity index (χ0) is 26.7. The Bertz CT molecular complexity index is 1090. The molecule has 2 amide bonds. The highest BCUT2D eigenvalue weighted by molar-refractivity contribution is 7.92. The second-order valence-corrected chi connectivity index (χ2v) is 10.8. The molecule has 1 atom stereocenters. The van der Waals surface area contributed by atoms with Crippen molar-refractivity contribution in [2.75, 3.05) is 23.7 Å². The number of benzene rings is 2. The minimum Gasteiger partial charge on any atom is -0.492 e. The van der Waals surface area contributed by atoms with E-state index in [1.54, 1.807) is 29.2 Å². The second kappa shape index (κ2) is 13.9. The van der Waals surface area contributed by atoms with Crippen LogP contribution >= 0.6 is 0 Å². The summed E-state index contributed by atoms with van der Waals surface area (Å²) in [5, 5.41) is 2.91. The van der Waals surface area contributed by atoms with E-state index >= 15 is 0 Å². The van der Waals surface area contributed by atoms with Crippen molar-refractivity contribution in [3.8, 4) is 5.75 Å². The molecule has 0 fully saturated rings. The van der Waals surface area contributed by atoms with Crippen LogP contribution < -0.4 is 14.4 Å². The fraction of sp³-hybridized carbons (Fsp3) is 0.481. The molecule has 9 heteroatoms. The van der Waals surface area contributed by atoms with E-state index < -0.39 is 16.1 Å². The number of ether oxygens (including phenoxy) is 1. The van der Waals surface area contributed by atoms with Crippen molar-refractivity contribution in [1.29, 1.82) is 0 Å². The number of hydrogen-bond donors (Lipinski definition) is 1. The third-order valence-corrected chi connectivity index (χ3v) is 6.78. The fourth-order valence-corrected chi connectivity index (χ4v) is 4.97. The smallest absolute Gasteiger partial charge is 0.243 e. The molecule has 2 aromatic carbocycles. The number of carbonyl (C=O) groups excluding carboxylic acids is 2. The van der Waals surface area contributed by atoms with Gasteiger partial charge in [-0.3, -0.25) is 13.9 Å². The molecule has 0 unspecified atom stereocenters. The first-order valence-corrected chi connectivity index (χ1v) is 14.3. The lowest BCUT2D eigenvalue weighted by Crippen LogP contribution is -2.50. The molecule has 0 saturated carbocycles. The van der Waals surface area contributed by atoms with E-state index in [0.29, 0.717) is 37.4 Å². The molecule has 0 heterocycles. The maximum Gasteiger partial charge on any atom is 0.243 e. The van der Waals surface area contributed by atoms with E-state index in [2.05, 4.69) is 5.32 Å². The van der Waals surface area contributed by atoms with Crippen LogP contribution in [-0.4, -0.2) is 56.6 Å². The average molecular weight is 518 g/mol. The predicted molar refractivity (Wildman–Crippen MR) is 143 cm³/mol. The molecule has 2 rings (SSSR count). The Morgan fingerprint density at radius 2 is 1.64 bits per heavy atom. The number of carbonyl (C=O) groups is 2. The number of nitrogens with zero attached hydrogens (tertiary/aromatic N) is 2. The summed E-state index contributed by atoms with van der Waals surface area (Å²) in [6, 6.07) is 15.8. The van der Waals surface area contributed by atoms with E-state index in [1.807, 2.05) is 58.0 Å². The van der Waals surface area contributed by atoms with E-state index in [-0.39, 0.29) is 30.8 Å². The van der Waals surface area contributed by atoms with Crippen LogP contribution in [0.4, 0.5) is 5.69 Å². The summed E-state index contributed by atoms with van der Waals surface area (Å²) >= 11 is 0. The van der Waals surface area contributed by atoms with Crippen LogP contribution in [0.1, 0.15) is 52.5 Å². The molecule has 0 saturated heterocycles. The quantitative estimate of drug-likeness (QED) is 0.409. The lowest BCUT2D eigenvalue weighted by Gasteiger charge is -2.31. The van der Waals surface area contributed by atoms with Crippen LogP contribution in [0, 0.1) is 0 Å². The molecule has 0 bridgehead atoms. The van der Waals surface area contributed by atoms with Crippen LogP contribution in [-0.2, 0) is 26.2 Å². The number of amides is 2. The normalized spacial score (nSPS) is 12.2. The minimum atomic E-state index is -3.61. The van der Waals surface area contributed by atoms with Gasteiger partial charge < -0.3 is 15.0 Å².